The SMILES string of the molecule is COc1cc(C=C(C(=O)C(C)(C)C)n2cncn2)ccc1O. The topological polar surface area (TPSA) is 77.2 Å². The van der Waals surface area contributed by atoms with E-state index >= 15 is 0 Å². The van der Waals surface area contributed by atoms with E-state index in [1.54, 1.807) is 18.2 Å². The molecule has 22 heavy (non-hydrogen) atoms. The van der Waals surface area contributed by atoms with Crippen molar-refractivity contribution >= 4 is 17.6 Å². The van der Waals surface area contributed by atoms with Crippen LogP contribution in [-0.2, 0) is 4.79 Å². The number of methoxy groups -OCH3 is 1. The molecule has 2 rings (SSSR count). The number of hydrogen-bond donors (Lipinski definition) is 1. The number of phenolic OH excluding ortho intramolecular Hbond substituents is 1. The van der Waals surface area contributed by atoms with Crippen molar-refractivity contribution in [3.8, 4) is 11.5 Å². The number of hydrogen-bond acceptors (Lipinski definition) is 5. The van der Waals surface area contributed by atoms with Crippen molar-refractivity contribution in [2.24, 2.45) is 5.41 Å². The largest absolute Gasteiger partial charge is 0.504 e. The molecule has 0 aliphatic rings. The lowest BCUT2D eigenvalue weighted by molar-refractivity contribution is -0.120. The van der Waals surface area contributed by atoms with Crippen LogP contribution in [0.3, 0.4) is 0 Å². The van der Waals surface area contributed by atoms with E-state index in [1.807, 2.05) is 20.8 Å². The molecule has 0 unspecified atom stereocenters. The minimum absolute atomic E-state index is 0.0455. The fourth-order valence-electron chi connectivity index (χ4n) is 1.89. The van der Waals surface area contributed by atoms with Crippen LogP contribution in [0, 0.1) is 5.41 Å². The molecule has 0 bridgehead atoms. The Labute approximate surface area is 129 Å². The van der Waals surface area contributed by atoms with Crippen LogP contribution in [0.1, 0.15) is 26.3 Å². The molecule has 0 saturated heterocycles. The minimum atomic E-state index is -0.557. The number of rotatable bonds is 4. The maximum atomic E-state index is 12.7. The van der Waals surface area contributed by atoms with E-state index in [0.717, 1.165) is 5.56 Å². The highest BCUT2D eigenvalue weighted by Gasteiger charge is 2.26. The molecule has 6 nitrogen and oxygen atoms in total. The van der Waals surface area contributed by atoms with Crippen molar-refractivity contribution in [1.29, 1.82) is 0 Å². The molecule has 0 aliphatic carbocycles. The molecule has 0 amide bonds. The molecule has 0 aliphatic heterocycles. The van der Waals surface area contributed by atoms with Crippen molar-refractivity contribution in [2.75, 3.05) is 7.11 Å². The number of ketones is 1. The Hall–Kier alpha value is -2.63. The number of benzene rings is 1. The highest BCUT2D eigenvalue weighted by Crippen LogP contribution is 2.29. The Kier molecular flexibility index (Phi) is 4.30. The van der Waals surface area contributed by atoms with E-state index in [2.05, 4.69) is 10.1 Å². The molecular formula is C16H19N3O3. The van der Waals surface area contributed by atoms with Crippen molar-refractivity contribution in [1.82, 2.24) is 14.8 Å². The predicted molar refractivity (Wildman–Crippen MR) is 83.3 cm³/mol. The van der Waals surface area contributed by atoms with Crippen LogP contribution in [0.15, 0.2) is 30.9 Å². The number of nitrogens with zero attached hydrogens (tertiary/aromatic N) is 3. The number of ether oxygens (including phenoxy) is 1. The molecule has 6 heteroatoms. The van der Waals surface area contributed by atoms with Gasteiger partial charge in [-0.2, -0.15) is 5.10 Å². The van der Waals surface area contributed by atoms with Gasteiger partial charge in [0.2, 0.25) is 0 Å². The van der Waals surface area contributed by atoms with Gasteiger partial charge in [0.15, 0.2) is 17.3 Å². The van der Waals surface area contributed by atoms with E-state index in [9.17, 15) is 9.90 Å². The first-order valence-electron chi connectivity index (χ1n) is 6.81. The number of Topliss-reactive ketones (excluding diaryl/α,β-unsaturated/α-hetero) is 1. The molecule has 0 atom stereocenters. The van der Waals surface area contributed by atoms with Crippen molar-refractivity contribution in [3.63, 3.8) is 0 Å². The Bertz CT molecular complexity index is 698. The Morgan fingerprint density at radius 2 is 2.09 bits per heavy atom. The van der Waals surface area contributed by atoms with Crippen LogP contribution in [-0.4, -0.2) is 32.8 Å². The lowest BCUT2D eigenvalue weighted by Crippen LogP contribution is -2.24. The zero-order valence-electron chi connectivity index (χ0n) is 13.1. The van der Waals surface area contributed by atoms with Crippen molar-refractivity contribution < 1.29 is 14.6 Å². The van der Waals surface area contributed by atoms with Gasteiger partial charge in [-0.15, -0.1) is 0 Å². The molecule has 116 valence electrons. The molecular weight excluding hydrogens is 282 g/mol. The van der Waals surface area contributed by atoms with Crippen LogP contribution < -0.4 is 4.74 Å². The molecule has 1 aromatic heterocycles. The van der Waals surface area contributed by atoms with Crippen LogP contribution in [0.4, 0.5) is 0 Å². The summed E-state index contributed by atoms with van der Waals surface area (Å²) in [5.41, 5.74) is 0.564. The summed E-state index contributed by atoms with van der Waals surface area (Å²) in [4.78, 5) is 16.5. The van der Waals surface area contributed by atoms with Crippen LogP contribution in [0.5, 0.6) is 11.5 Å². The lowest BCUT2D eigenvalue weighted by atomic mass is 9.88. The summed E-state index contributed by atoms with van der Waals surface area (Å²) in [6.45, 7) is 5.53. The van der Waals surface area contributed by atoms with Gasteiger partial charge < -0.3 is 9.84 Å². The summed E-state index contributed by atoms with van der Waals surface area (Å²) in [7, 11) is 1.47. The smallest absolute Gasteiger partial charge is 0.186 e. The zero-order chi connectivity index (χ0) is 16.3. The van der Waals surface area contributed by atoms with Gasteiger partial charge in [0.05, 0.1) is 7.11 Å². The molecule has 0 spiro atoms. The maximum absolute atomic E-state index is 12.7. The summed E-state index contributed by atoms with van der Waals surface area (Å²) in [5, 5.41) is 13.7. The molecule has 1 heterocycles. The quantitative estimate of drug-likeness (QED) is 0.878. The van der Waals surface area contributed by atoms with Gasteiger partial charge in [-0.1, -0.05) is 26.8 Å². The third kappa shape index (κ3) is 3.33. The van der Waals surface area contributed by atoms with Gasteiger partial charge in [-0.25, -0.2) is 9.67 Å². The van der Waals surface area contributed by atoms with Gasteiger partial charge in [-0.05, 0) is 23.8 Å². The summed E-state index contributed by atoms with van der Waals surface area (Å²) in [6.07, 6.45) is 4.55. The van der Waals surface area contributed by atoms with E-state index in [4.69, 9.17) is 4.74 Å². The normalized spacial score (nSPS) is 12.3. The fourth-order valence-corrected chi connectivity index (χ4v) is 1.89. The average molecular weight is 301 g/mol. The van der Waals surface area contributed by atoms with Gasteiger partial charge in [0.25, 0.3) is 0 Å². The van der Waals surface area contributed by atoms with Gasteiger partial charge in [0, 0.05) is 5.41 Å². The number of carbonyl (C=O) groups is 1. The molecule has 0 radical (unpaired) electrons. The van der Waals surface area contributed by atoms with Gasteiger partial charge in [-0.3, -0.25) is 4.79 Å². The standard InChI is InChI=1S/C16H19N3O3/c1-16(2,3)15(21)12(19-10-17-9-18-19)7-11-5-6-13(20)14(8-11)22-4/h5-10,20H,1-4H3. The number of carbonyl (C=O) groups excluding carboxylic acids is 1. The fraction of sp³-hybridized carbons (Fsp3) is 0.312. The average Bonchev–Trinajstić information content (AvgIpc) is 2.98. The zero-order valence-corrected chi connectivity index (χ0v) is 13.1. The minimum Gasteiger partial charge on any atom is -0.504 e. The second-order valence-corrected chi connectivity index (χ2v) is 5.88. The number of phenols is 1. The van der Waals surface area contributed by atoms with E-state index < -0.39 is 5.41 Å². The Morgan fingerprint density at radius 1 is 1.36 bits per heavy atom. The van der Waals surface area contributed by atoms with Crippen LogP contribution >= 0.6 is 0 Å². The third-order valence-corrected chi connectivity index (χ3v) is 3.09. The number of aromatic nitrogens is 3. The van der Waals surface area contributed by atoms with Crippen molar-refractivity contribution in [2.45, 2.75) is 20.8 Å². The van der Waals surface area contributed by atoms with E-state index in [0.29, 0.717) is 11.4 Å². The van der Waals surface area contributed by atoms with E-state index in [-0.39, 0.29) is 11.5 Å². The monoisotopic (exact) mass is 301 g/mol. The first-order chi connectivity index (χ1) is 10.3. The van der Waals surface area contributed by atoms with Crippen molar-refractivity contribution in [3.05, 3.63) is 36.4 Å². The third-order valence-electron chi connectivity index (χ3n) is 3.09. The van der Waals surface area contributed by atoms with E-state index in [1.165, 1.54) is 30.5 Å². The first-order valence-corrected chi connectivity index (χ1v) is 6.81. The first kappa shape index (κ1) is 15.8. The Morgan fingerprint density at radius 3 is 2.64 bits per heavy atom. The van der Waals surface area contributed by atoms with Crippen LogP contribution in [0.2, 0.25) is 0 Å². The molecule has 1 aromatic carbocycles. The Balaban J connectivity index is 2.52. The summed E-state index contributed by atoms with van der Waals surface area (Å²) in [6, 6.07) is 4.87. The summed E-state index contributed by atoms with van der Waals surface area (Å²) < 4.78 is 6.52. The second-order valence-electron chi connectivity index (χ2n) is 5.88. The maximum Gasteiger partial charge on any atom is 0.186 e. The number of aromatic hydroxyl groups is 1. The molecule has 0 fully saturated rings. The highest BCUT2D eigenvalue weighted by molar-refractivity contribution is 6.21. The molecule has 2 aromatic rings. The summed E-state index contributed by atoms with van der Waals surface area (Å²) >= 11 is 0. The molecule has 1 N–H and O–H groups in total. The van der Waals surface area contributed by atoms with Crippen LogP contribution in [0.25, 0.3) is 11.8 Å². The lowest BCUT2D eigenvalue weighted by Gasteiger charge is -2.18. The van der Waals surface area contributed by atoms with Gasteiger partial charge >= 0.3 is 0 Å². The predicted octanol–water partition coefficient (Wildman–Crippen LogP) is 2.61. The highest BCUT2D eigenvalue weighted by atomic mass is 16.5. The summed E-state index contributed by atoms with van der Waals surface area (Å²) in [5.74, 6) is 0.323. The van der Waals surface area contributed by atoms with Gasteiger partial charge in [0.1, 0.15) is 18.4 Å². The second kappa shape index (κ2) is 6.01. The number of allylic oxidation sites excluding steroid dienone is 1. The molecule has 0 saturated carbocycles.